The number of pyridine rings is 1. The number of thiophene rings is 1. The van der Waals surface area contributed by atoms with Crippen molar-refractivity contribution in [1.82, 2.24) is 15.6 Å². The van der Waals surface area contributed by atoms with Gasteiger partial charge in [0, 0.05) is 48.0 Å². The van der Waals surface area contributed by atoms with Gasteiger partial charge in [-0.1, -0.05) is 6.07 Å². The van der Waals surface area contributed by atoms with Crippen LogP contribution in [0, 0.1) is 6.92 Å². The van der Waals surface area contributed by atoms with Gasteiger partial charge in [0.25, 0.3) is 5.91 Å². The maximum Gasteiger partial charge on any atom is 0.263 e. The van der Waals surface area contributed by atoms with E-state index >= 15 is 0 Å². The van der Waals surface area contributed by atoms with Crippen molar-refractivity contribution in [3.05, 3.63) is 46.5 Å². The van der Waals surface area contributed by atoms with E-state index in [1.165, 1.54) is 23.4 Å². The molecule has 6 heterocycles. The van der Waals surface area contributed by atoms with E-state index in [4.69, 9.17) is 10.5 Å². The largest absolute Gasteiger partial charge is 0.491 e. The van der Waals surface area contributed by atoms with Gasteiger partial charge in [0.2, 0.25) is 0 Å². The van der Waals surface area contributed by atoms with Gasteiger partial charge in [-0.15, -0.1) is 11.3 Å². The van der Waals surface area contributed by atoms with Crippen LogP contribution in [0.2, 0.25) is 0 Å². The molecular formula is C23H25N5O2S. The summed E-state index contributed by atoms with van der Waals surface area (Å²) in [6.07, 6.45) is 2.04. The predicted molar refractivity (Wildman–Crippen MR) is 123 cm³/mol. The second-order valence-corrected chi connectivity index (χ2v) is 9.83. The molecule has 0 saturated carbocycles. The first-order valence-corrected chi connectivity index (χ1v) is 11.6. The highest BCUT2D eigenvalue weighted by molar-refractivity contribution is 7.21. The number of benzene rings is 1. The van der Waals surface area contributed by atoms with Crippen molar-refractivity contribution in [2.45, 2.75) is 37.9 Å². The van der Waals surface area contributed by atoms with Crippen LogP contribution in [0.25, 0.3) is 10.2 Å². The highest BCUT2D eigenvalue weighted by atomic mass is 32.1. The number of nitrogens with one attached hydrogen (secondary N) is 2. The summed E-state index contributed by atoms with van der Waals surface area (Å²) in [6, 6.07) is 11.5. The SMILES string of the molecule is Cc1ccc2c(N)c(C(=O)N[C@@H]3COc4cc(N5CC6CC(C5)N6)ccc4C3)sc2n1. The van der Waals surface area contributed by atoms with E-state index in [2.05, 4.69) is 38.7 Å². The molecule has 3 fully saturated rings. The Bertz CT molecular complexity index is 1180. The number of nitrogen functional groups attached to an aromatic ring is 1. The van der Waals surface area contributed by atoms with Gasteiger partial charge in [-0.05, 0) is 43.5 Å². The summed E-state index contributed by atoms with van der Waals surface area (Å²) >= 11 is 1.34. The summed E-state index contributed by atoms with van der Waals surface area (Å²) < 4.78 is 6.05. The lowest BCUT2D eigenvalue weighted by molar-refractivity contribution is 0.0920. The van der Waals surface area contributed by atoms with E-state index in [9.17, 15) is 4.79 Å². The molecule has 3 aromatic rings. The smallest absolute Gasteiger partial charge is 0.263 e. The lowest BCUT2D eigenvalue weighted by Crippen LogP contribution is -2.67. The summed E-state index contributed by atoms with van der Waals surface area (Å²) in [5.41, 5.74) is 10.0. The zero-order valence-electron chi connectivity index (χ0n) is 17.4. The van der Waals surface area contributed by atoms with E-state index in [1.807, 2.05) is 19.1 Å². The molecule has 4 N–H and O–H groups in total. The number of piperidine rings is 1. The van der Waals surface area contributed by atoms with Crippen LogP contribution in [0.1, 0.15) is 27.3 Å². The number of aryl methyl sites for hydroxylation is 1. The fraction of sp³-hybridized carbons (Fsp3) is 0.391. The molecule has 1 aromatic carbocycles. The summed E-state index contributed by atoms with van der Waals surface area (Å²) in [4.78, 5) is 21.2. The molecular weight excluding hydrogens is 410 g/mol. The topological polar surface area (TPSA) is 92.5 Å². The van der Waals surface area contributed by atoms with Gasteiger partial charge in [0.1, 0.15) is 22.1 Å². The van der Waals surface area contributed by atoms with Gasteiger partial charge in [-0.3, -0.25) is 4.79 Å². The number of fused-ring (bicyclic) bond motifs is 4. The lowest BCUT2D eigenvalue weighted by Gasteiger charge is -2.49. The van der Waals surface area contributed by atoms with Crippen molar-refractivity contribution in [3.63, 3.8) is 0 Å². The molecule has 2 unspecified atom stereocenters. The Hall–Kier alpha value is -2.84. The van der Waals surface area contributed by atoms with Gasteiger partial charge in [0.05, 0.1) is 11.7 Å². The average molecular weight is 436 g/mol. The van der Waals surface area contributed by atoms with Crippen molar-refractivity contribution in [3.8, 4) is 5.75 Å². The molecule has 8 heteroatoms. The van der Waals surface area contributed by atoms with Crippen LogP contribution in [0.4, 0.5) is 11.4 Å². The van der Waals surface area contributed by atoms with Crippen molar-refractivity contribution >= 4 is 38.8 Å². The quantitative estimate of drug-likeness (QED) is 0.585. The molecule has 7 rings (SSSR count). The first-order valence-electron chi connectivity index (χ1n) is 10.8. The Labute approximate surface area is 184 Å². The van der Waals surface area contributed by atoms with Crippen LogP contribution < -0.4 is 26.0 Å². The van der Waals surface area contributed by atoms with Gasteiger partial charge in [-0.2, -0.15) is 0 Å². The molecule has 160 valence electrons. The number of piperazine rings is 1. The average Bonchev–Trinajstić information content (AvgIpc) is 3.08. The number of rotatable bonds is 3. The number of carbonyl (C=O) groups excluding carboxylic acids is 1. The molecule has 0 radical (unpaired) electrons. The zero-order valence-corrected chi connectivity index (χ0v) is 18.2. The molecule has 31 heavy (non-hydrogen) atoms. The normalized spacial score (nSPS) is 24.3. The molecule has 2 bridgehead atoms. The number of nitrogens with zero attached hydrogens (tertiary/aromatic N) is 2. The van der Waals surface area contributed by atoms with Gasteiger partial charge >= 0.3 is 0 Å². The molecule has 2 aromatic heterocycles. The summed E-state index contributed by atoms with van der Waals surface area (Å²) in [7, 11) is 0. The third-order valence-electron chi connectivity index (χ3n) is 6.52. The Morgan fingerprint density at radius 3 is 2.90 bits per heavy atom. The predicted octanol–water partition coefficient (Wildman–Crippen LogP) is 2.47. The number of hydrogen-bond acceptors (Lipinski definition) is 7. The van der Waals surface area contributed by atoms with E-state index in [0.29, 0.717) is 29.3 Å². The van der Waals surface area contributed by atoms with Crippen LogP contribution in [0.3, 0.4) is 0 Å². The van der Waals surface area contributed by atoms with E-state index in [0.717, 1.165) is 46.7 Å². The fourth-order valence-electron chi connectivity index (χ4n) is 4.88. The number of amides is 1. The minimum absolute atomic E-state index is 0.0861. The molecule has 4 aliphatic heterocycles. The van der Waals surface area contributed by atoms with Crippen molar-refractivity contribution in [2.75, 3.05) is 30.3 Å². The lowest BCUT2D eigenvalue weighted by atomic mass is 9.91. The van der Waals surface area contributed by atoms with Crippen LogP contribution in [-0.4, -0.2) is 48.7 Å². The van der Waals surface area contributed by atoms with Gasteiger partial charge in [0.15, 0.2) is 0 Å². The highest BCUT2D eigenvalue weighted by Crippen LogP contribution is 2.34. The van der Waals surface area contributed by atoms with Crippen LogP contribution >= 0.6 is 11.3 Å². The molecule has 0 spiro atoms. The van der Waals surface area contributed by atoms with Gasteiger partial charge < -0.3 is 26.0 Å². The fourth-order valence-corrected chi connectivity index (χ4v) is 5.93. The van der Waals surface area contributed by atoms with E-state index in [1.54, 1.807) is 0 Å². The zero-order chi connectivity index (χ0) is 21.1. The number of aromatic nitrogens is 1. The van der Waals surface area contributed by atoms with Crippen LogP contribution in [-0.2, 0) is 6.42 Å². The highest BCUT2D eigenvalue weighted by Gasteiger charge is 2.36. The first kappa shape index (κ1) is 18.9. The standard InChI is InChI=1S/C23H25N5O2S/c1-12-2-5-18-20(24)21(31-23(18)25-12)22(29)27-16-6-13-3-4-17(8-19(13)30-11-16)28-9-14-7-15(10-28)26-14/h2-5,8,14-16,26H,6-7,9-11,24H2,1H3,(H,27,29)/t14?,15?,16-/m0/s1. The Balaban J connectivity index is 1.16. The summed E-state index contributed by atoms with van der Waals surface area (Å²) in [5.74, 6) is 0.767. The molecule has 3 atom stereocenters. The molecule has 1 amide bonds. The minimum atomic E-state index is -0.160. The van der Waals surface area contributed by atoms with Crippen molar-refractivity contribution in [1.29, 1.82) is 0 Å². The number of hydrogen-bond donors (Lipinski definition) is 3. The van der Waals surface area contributed by atoms with Crippen LogP contribution in [0.5, 0.6) is 5.75 Å². The number of anilines is 2. The van der Waals surface area contributed by atoms with Gasteiger partial charge in [-0.25, -0.2) is 4.98 Å². The Kier molecular flexibility index (Phi) is 4.33. The second kappa shape index (κ2) is 7.10. The summed E-state index contributed by atoms with van der Waals surface area (Å²) in [5, 5.41) is 7.51. The molecule has 4 aliphatic rings. The number of nitrogens with two attached hydrogens (primary N) is 1. The number of carbonyl (C=O) groups is 1. The van der Waals surface area contributed by atoms with Crippen LogP contribution in [0.15, 0.2) is 30.3 Å². The maximum atomic E-state index is 12.9. The third-order valence-corrected chi connectivity index (χ3v) is 7.63. The third kappa shape index (κ3) is 3.30. The molecule has 3 saturated heterocycles. The molecule has 0 aliphatic carbocycles. The van der Waals surface area contributed by atoms with Crippen molar-refractivity contribution < 1.29 is 9.53 Å². The number of ether oxygens (including phenoxy) is 1. The monoisotopic (exact) mass is 435 g/mol. The Morgan fingerprint density at radius 2 is 2.10 bits per heavy atom. The van der Waals surface area contributed by atoms with E-state index in [-0.39, 0.29) is 11.9 Å². The van der Waals surface area contributed by atoms with Crippen molar-refractivity contribution in [2.24, 2.45) is 0 Å². The first-order chi connectivity index (χ1) is 15.0. The van der Waals surface area contributed by atoms with E-state index < -0.39 is 0 Å². The Morgan fingerprint density at radius 1 is 1.29 bits per heavy atom. The molecule has 7 nitrogen and oxygen atoms in total. The maximum absolute atomic E-state index is 12.9. The summed E-state index contributed by atoms with van der Waals surface area (Å²) in [6.45, 7) is 4.50. The second-order valence-electron chi connectivity index (χ2n) is 8.83. The minimum Gasteiger partial charge on any atom is -0.491 e.